The van der Waals surface area contributed by atoms with E-state index in [2.05, 4.69) is 41.4 Å². The number of oxazole rings is 1. The Hall–Kier alpha value is -3.67. The van der Waals surface area contributed by atoms with Crippen LogP contribution in [-0.4, -0.2) is 20.7 Å². The van der Waals surface area contributed by atoms with E-state index in [4.69, 9.17) is 4.42 Å². The van der Waals surface area contributed by atoms with Gasteiger partial charge in [0.05, 0.1) is 17.6 Å². The maximum atomic E-state index is 12.5. The van der Waals surface area contributed by atoms with E-state index in [1.807, 2.05) is 55.5 Å². The van der Waals surface area contributed by atoms with Gasteiger partial charge in [-0.15, -0.1) is 0 Å². The molecule has 1 amide bonds. The summed E-state index contributed by atoms with van der Waals surface area (Å²) in [5.41, 5.74) is 3.99. The average Bonchev–Trinajstić information content (AvgIpc) is 3.39. The summed E-state index contributed by atoms with van der Waals surface area (Å²) in [6, 6.07) is 19.9. The monoisotopic (exact) mass is 414 g/mol. The first-order valence-electron chi connectivity index (χ1n) is 10.5. The number of rotatable bonds is 7. The van der Waals surface area contributed by atoms with Gasteiger partial charge < -0.3 is 9.73 Å². The molecular formula is C25H26N4O2. The molecule has 0 atom stereocenters. The third kappa shape index (κ3) is 4.91. The van der Waals surface area contributed by atoms with Gasteiger partial charge in [-0.05, 0) is 30.5 Å². The van der Waals surface area contributed by atoms with E-state index in [9.17, 15) is 4.79 Å². The van der Waals surface area contributed by atoms with Gasteiger partial charge in [0.2, 0.25) is 5.91 Å². The second-order valence-electron chi connectivity index (χ2n) is 7.86. The van der Waals surface area contributed by atoms with Crippen molar-refractivity contribution in [1.82, 2.24) is 14.8 Å². The zero-order valence-electron chi connectivity index (χ0n) is 18.0. The van der Waals surface area contributed by atoms with E-state index in [1.165, 1.54) is 5.56 Å². The fourth-order valence-electron chi connectivity index (χ4n) is 3.37. The minimum atomic E-state index is -0.113. The van der Waals surface area contributed by atoms with Crippen molar-refractivity contribution in [3.8, 4) is 17.0 Å². The van der Waals surface area contributed by atoms with Gasteiger partial charge in [0.25, 0.3) is 0 Å². The molecule has 31 heavy (non-hydrogen) atoms. The molecule has 0 saturated heterocycles. The average molecular weight is 415 g/mol. The normalized spacial score (nSPS) is 11.1. The first kappa shape index (κ1) is 20.6. The van der Waals surface area contributed by atoms with Gasteiger partial charge in [0.15, 0.2) is 11.7 Å². The van der Waals surface area contributed by atoms with Crippen molar-refractivity contribution in [2.24, 2.45) is 0 Å². The Morgan fingerprint density at radius 2 is 1.84 bits per heavy atom. The van der Waals surface area contributed by atoms with Crippen LogP contribution in [0.4, 0.5) is 5.82 Å². The predicted molar refractivity (Wildman–Crippen MR) is 121 cm³/mol. The van der Waals surface area contributed by atoms with Crippen LogP contribution in [0.3, 0.4) is 0 Å². The van der Waals surface area contributed by atoms with E-state index in [-0.39, 0.29) is 12.3 Å². The number of anilines is 1. The smallest absolute Gasteiger partial charge is 0.226 e. The first-order valence-corrected chi connectivity index (χ1v) is 10.5. The molecule has 0 fully saturated rings. The van der Waals surface area contributed by atoms with Crippen LogP contribution < -0.4 is 5.32 Å². The van der Waals surface area contributed by atoms with Gasteiger partial charge in [-0.2, -0.15) is 5.10 Å². The molecule has 6 heteroatoms. The number of hydrogen-bond donors (Lipinski definition) is 1. The summed E-state index contributed by atoms with van der Waals surface area (Å²) in [5, 5.41) is 7.42. The van der Waals surface area contributed by atoms with Gasteiger partial charge in [-0.1, -0.05) is 56.3 Å². The molecule has 1 N–H and O–H groups in total. The Balaban J connectivity index is 1.38. The molecule has 0 aliphatic heterocycles. The van der Waals surface area contributed by atoms with E-state index in [0.717, 1.165) is 16.9 Å². The Morgan fingerprint density at radius 3 is 2.55 bits per heavy atom. The van der Waals surface area contributed by atoms with E-state index in [0.29, 0.717) is 29.8 Å². The molecule has 4 aromatic rings. The Labute approximate surface area is 181 Å². The van der Waals surface area contributed by atoms with Gasteiger partial charge in [0, 0.05) is 24.5 Å². The maximum Gasteiger partial charge on any atom is 0.226 e. The highest BCUT2D eigenvalue weighted by Crippen LogP contribution is 2.24. The second kappa shape index (κ2) is 9.00. The number of aryl methyl sites for hydroxylation is 2. The third-order valence-electron chi connectivity index (χ3n) is 5.08. The molecular weight excluding hydrogens is 388 g/mol. The Morgan fingerprint density at radius 1 is 1.10 bits per heavy atom. The summed E-state index contributed by atoms with van der Waals surface area (Å²) >= 11 is 0. The summed E-state index contributed by atoms with van der Waals surface area (Å²) in [7, 11) is 0. The summed E-state index contributed by atoms with van der Waals surface area (Å²) in [5.74, 6) is 2.28. The lowest BCUT2D eigenvalue weighted by Crippen LogP contribution is -2.15. The fraction of sp³-hybridized carbons (Fsp3) is 0.240. The molecule has 2 heterocycles. The SMILES string of the molecule is Cc1cc(NC(=O)CCc2ncc(-c3ccc(C(C)C)cc3)o2)n(-c2ccccc2)n1. The topological polar surface area (TPSA) is 73.0 Å². The molecule has 0 unspecified atom stereocenters. The number of carbonyl (C=O) groups is 1. The zero-order chi connectivity index (χ0) is 21.8. The van der Waals surface area contributed by atoms with E-state index >= 15 is 0 Å². The molecule has 0 saturated carbocycles. The molecule has 4 rings (SSSR count). The van der Waals surface area contributed by atoms with Crippen LogP contribution in [0.1, 0.15) is 43.3 Å². The number of benzene rings is 2. The van der Waals surface area contributed by atoms with Gasteiger partial charge in [-0.25, -0.2) is 9.67 Å². The molecule has 6 nitrogen and oxygen atoms in total. The number of para-hydroxylation sites is 1. The first-order chi connectivity index (χ1) is 15.0. The van der Waals surface area contributed by atoms with Crippen LogP contribution in [0, 0.1) is 6.92 Å². The van der Waals surface area contributed by atoms with Gasteiger partial charge in [0.1, 0.15) is 5.82 Å². The molecule has 0 aliphatic carbocycles. The lowest BCUT2D eigenvalue weighted by Gasteiger charge is -2.08. The number of hydrogen-bond acceptors (Lipinski definition) is 4. The summed E-state index contributed by atoms with van der Waals surface area (Å²) in [4.78, 5) is 16.9. The van der Waals surface area contributed by atoms with Crippen molar-refractivity contribution < 1.29 is 9.21 Å². The summed E-state index contributed by atoms with van der Waals surface area (Å²) in [6.45, 7) is 6.23. The molecule has 0 bridgehead atoms. The Kier molecular flexibility index (Phi) is 5.98. The van der Waals surface area contributed by atoms with Gasteiger partial charge >= 0.3 is 0 Å². The fourth-order valence-corrected chi connectivity index (χ4v) is 3.37. The van der Waals surface area contributed by atoms with Gasteiger partial charge in [-0.3, -0.25) is 4.79 Å². The van der Waals surface area contributed by atoms with Crippen molar-refractivity contribution in [2.75, 3.05) is 5.32 Å². The lowest BCUT2D eigenvalue weighted by atomic mass is 10.0. The molecule has 0 aliphatic rings. The number of carbonyl (C=O) groups excluding carboxylic acids is 1. The van der Waals surface area contributed by atoms with Crippen molar-refractivity contribution in [3.63, 3.8) is 0 Å². The van der Waals surface area contributed by atoms with Crippen LogP contribution in [0.5, 0.6) is 0 Å². The highest BCUT2D eigenvalue weighted by atomic mass is 16.4. The molecule has 158 valence electrons. The van der Waals surface area contributed by atoms with Crippen LogP contribution in [0.25, 0.3) is 17.0 Å². The van der Waals surface area contributed by atoms with Crippen LogP contribution in [0.2, 0.25) is 0 Å². The van der Waals surface area contributed by atoms with Crippen LogP contribution >= 0.6 is 0 Å². The van der Waals surface area contributed by atoms with Crippen LogP contribution in [0.15, 0.2) is 71.3 Å². The van der Waals surface area contributed by atoms with Crippen LogP contribution in [-0.2, 0) is 11.2 Å². The third-order valence-corrected chi connectivity index (χ3v) is 5.08. The number of amides is 1. The largest absolute Gasteiger partial charge is 0.441 e. The standard InChI is InChI=1S/C25H26N4O2/c1-17(2)19-9-11-20(12-10-19)22-16-26-25(31-22)14-13-24(30)27-23-15-18(3)28-29(23)21-7-5-4-6-8-21/h4-12,15-17H,13-14H2,1-3H3,(H,27,30). The minimum Gasteiger partial charge on any atom is -0.441 e. The van der Waals surface area contributed by atoms with Crippen molar-refractivity contribution in [3.05, 3.63) is 84.0 Å². The quantitative estimate of drug-likeness (QED) is 0.431. The number of nitrogens with zero attached hydrogens (tertiary/aromatic N) is 3. The minimum absolute atomic E-state index is 0.113. The van der Waals surface area contributed by atoms with Crippen molar-refractivity contribution in [1.29, 1.82) is 0 Å². The molecule has 0 spiro atoms. The van der Waals surface area contributed by atoms with E-state index in [1.54, 1.807) is 10.9 Å². The van der Waals surface area contributed by atoms with Crippen molar-refractivity contribution >= 4 is 11.7 Å². The second-order valence-corrected chi connectivity index (χ2v) is 7.86. The summed E-state index contributed by atoms with van der Waals surface area (Å²) in [6.07, 6.45) is 2.41. The zero-order valence-corrected chi connectivity index (χ0v) is 18.0. The Bertz CT molecular complexity index is 1160. The lowest BCUT2D eigenvalue weighted by molar-refractivity contribution is -0.116. The number of aromatic nitrogens is 3. The summed E-state index contributed by atoms with van der Waals surface area (Å²) < 4.78 is 7.59. The highest BCUT2D eigenvalue weighted by Gasteiger charge is 2.13. The van der Waals surface area contributed by atoms with E-state index < -0.39 is 0 Å². The highest BCUT2D eigenvalue weighted by molar-refractivity contribution is 5.90. The predicted octanol–water partition coefficient (Wildman–Crippen LogP) is 5.53. The maximum absolute atomic E-state index is 12.5. The van der Waals surface area contributed by atoms with Crippen molar-refractivity contribution in [2.45, 2.75) is 39.5 Å². The molecule has 2 aromatic heterocycles. The number of nitrogens with one attached hydrogen (secondary N) is 1. The molecule has 0 radical (unpaired) electrons. The molecule has 2 aromatic carbocycles.